The fourth-order valence-electron chi connectivity index (χ4n) is 3.20. The normalized spacial score (nSPS) is 11.6. The number of anilines is 2. The second kappa shape index (κ2) is 10.3. The van der Waals surface area contributed by atoms with Crippen molar-refractivity contribution in [3.63, 3.8) is 0 Å². The van der Waals surface area contributed by atoms with E-state index in [1.165, 1.54) is 31.4 Å². The molecular formula is C24H25N3O6S. The maximum Gasteiger partial charge on any atom is 0.337 e. The molecule has 0 atom stereocenters. The van der Waals surface area contributed by atoms with Crippen LogP contribution in [0.4, 0.5) is 11.4 Å². The van der Waals surface area contributed by atoms with Gasteiger partial charge in [-0.2, -0.15) is 5.10 Å². The van der Waals surface area contributed by atoms with E-state index in [9.17, 15) is 18.3 Å². The van der Waals surface area contributed by atoms with Crippen molar-refractivity contribution in [1.82, 2.24) is 0 Å². The van der Waals surface area contributed by atoms with Crippen LogP contribution in [0.5, 0.6) is 11.5 Å². The number of nitrogens with zero attached hydrogens (tertiary/aromatic N) is 1. The average molecular weight is 484 g/mol. The highest BCUT2D eigenvalue weighted by Crippen LogP contribution is 2.28. The van der Waals surface area contributed by atoms with Crippen LogP contribution in [0.25, 0.3) is 0 Å². The molecule has 0 heterocycles. The molecule has 0 aliphatic carbocycles. The molecule has 3 rings (SSSR count). The van der Waals surface area contributed by atoms with E-state index in [4.69, 9.17) is 9.47 Å². The number of hydrazone groups is 1. The number of carbonyl (C=O) groups is 1. The Balaban J connectivity index is 1.96. The molecule has 10 heteroatoms. The summed E-state index contributed by atoms with van der Waals surface area (Å²) in [4.78, 5) is 11.4. The summed E-state index contributed by atoms with van der Waals surface area (Å²) in [5.41, 5.74) is 4.79. The molecule has 0 amide bonds. The van der Waals surface area contributed by atoms with Gasteiger partial charge in [-0.05, 0) is 55.8 Å². The Labute approximate surface area is 198 Å². The van der Waals surface area contributed by atoms with Crippen molar-refractivity contribution in [3.8, 4) is 11.5 Å². The molecular weight excluding hydrogens is 458 g/mol. The highest BCUT2D eigenvalue weighted by molar-refractivity contribution is 7.92. The summed E-state index contributed by atoms with van der Waals surface area (Å²) in [6.45, 7) is 3.51. The van der Waals surface area contributed by atoms with E-state index in [-0.39, 0.29) is 21.8 Å². The smallest absolute Gasteiger partial charge is 0.337 e. The number of sulfonamides is 1. The Morgan fingerprint density at radius 1 is 0.941 bits per heavy atom. The summed E-state index contributed by atoms with van der Waals surface area (Å²) >= 11 is 0. The summed E-state index contributed by atoms with van der Waals surface area (Å²) in [5.74, 6) is -0.0679. The van der Waals surface area contributed by atoms with Crippen LogP contribution in [0, 0.1) is 6.92 Å². The van der Waals surface area contributed by atoms with Crippen LogP contribution in [0.2, 0.25) is 0 Å². The fraction of sp³-hybridized carbons (Fsp3) is 0.167. The number of para-hydroxylation sites is 1. The number of benzene rings is 3. The predicted molar refractivity (Wildman–Crippen MR) is 131 cm³/mol. The highest BCUT2D eigenvalue weighted by Gasteiger charge is 2.22. The molecule has 0 saturated heterocycles. The number of rotatable bonds is 9. The number of methoxy groups -OCH3 is 2. The Kier molecular flexibility index (Phi) is 7.42. The van der Waals surface area contributed by atoms with Gasteiger partial charge in [0.25, 0.3) is 10.0 Å². The number of hydrogen-bond donors (Lipinski definition) is 3. The van der Waals surface area contributed by atoms with Gasteiger partial charge in [0.2, 0.25) is 0 Å². The van der Waals surface area contributed by atoms with E-state index in [2.05, 4.69) is 15.2 Å². The van der Waals surface area contributed by atoms with Crippen LogP contribution >= 0.6 is 0 Å². The van der Waals surface area contributed by atoms with Gasteiger partial charge < -0.3 is 14.6 Å². The number of nitrogens with one attached hydrogen (secondary N) is 2. The van der Waals surface area contributed by atoms with E-state index in [0.717, 1.165) is 0 Å². The van der Waals surface area contributed by atoms with Crippen LogP contribution in [-0.4, -0.2) is 39.4 Å². The molecule has 0 spiro atoms. The van der Waals surface area contributed by atoms with Gasteiger partial charge in [-0.15, -0.1) is 0 Å². The van der Waals surface area contributed by atoms with E-state index in [1.54, 1.807) is 57.4 Å². The molecule has 178 valence electrons. The van der Waals surface area contributed by atoms with E-state index in [0.29, 0.717) is 28.3 Å². The monoisotopic (exact) mass is 483 g/mol. The number of carboxylic acid groups (broad SMARTS) is 1. The van der Waals surface area contributed by atoms with Gasteiger partial charge >= 0.3 is 5.97 Å². The Hall–Kier alpha value is -4.05. The minimum Gasteiger partial charge on any atom is -0.497 e. The first kappa shape index (κ1) is 24.6. The number of aromatic carboxylic acids is 1. The molecule has 0 aromatic heterocycles. The van der Waals surface area contributed by atoms with Gasteiger partial charge in [0.15, 0.2) is 0 Å². The number of aryl methyl sites for hydroxylation is 1. The first-order chi connectivity index (χ1) is 16.2. The zero-order valence-corrected chi connectivity index (χ0v) is 19.9. The predicted octanol–water partition coefficient (Wildman–Crippen LogP) is 4.35. The Morgan fingerprint density at radius 3 is 2.35 bits per heavy atom. The second-order valence-corrected chi connectivity index (χ2v) is 8.98. The van der Waals surface area contributed by atoms with Crippen molar-refractivity contribution < 1.29 is 27.8 Å². The number of ether oxygens (including phenoxy) is 2. The maximum absolute atomic E-state index is 13.2. The van der Waals surface area contributed by atoms with Crippen LogP contribution in [-0.2, 0) is 10.0 Å². The summed E-state index contributed by atoms with van der Waals surface area (Å²) in [6, 6.07) is 15.9. The second-order valence-electron chi connectivity index (χ2n) is 7.33. The van der Waals surface area contributed by atoms with Gasteiger partial charge in [0.1, 0.15) is 16.4 Å². The van der Waals surface area contributed by atoms with Gasteiger partial charge in [-0.1, -0.05) is 18.2 Å². The van der Waals surface area contributed by atoms with Crippen molar-refractivity contribution >= 4 is 33.1 Å². The van der Waals surface area contributed by atoms with Crippen molar-refractivity contribution in [2.75, 3.05) is 24.4 Å². The Bertz CT molecular complexity index is 1350. The SMILES string of the molecule is COc1ccc(C(C)=NNc2ccc(C)cc2S(=O)(=O)Nc2ccccc2C(=O)O)c(OC)c1. The van der Waals surface area contributed by atoms with Crippen LogP contribution in [0.15, 0.2) is 70.7 Å². The molecule has 0 radical (unpaired) electrons. The Morgan fingerprint density at radius 2 is 1.68 bits per heavy atom. The van der Waals surface area contributed by atoms with E-state index >= 15 is 0 Å². The zero-order chi connectivity index (χ0) is 24.9. The summed E-state index contributed by atoms with van der Waals surface area (Å²) < 4.78 is 39.4. The molecule has 9 nitrogen and oxygen atoms in total. The molecule has 0 fully saturated rings. The number of hydrogen-bond acceptors (Lipinski definition) is 7. The average Bonchev–Trinajstić information content (AvgIpc) is 2.82. The van der Waals surface area contributed by atoms with Crippen molar-refractivity contribution in [2.24, 2.45) is 5.10 Å². The molecule has 3 N–H and O–H groups in total. The first-order valence-corrected chi connectivity index (χ1v) is 11.6. The standard InChI is InChI=1S/C24H25N3O6S/c1-15-9-12-21(26-25-16(2)18-11-10-17(32-3)14-22(18)33-4)23(13-15)34(30,31)27-20-8-6-5-7-19(20)24(28)29/h5-14,26-27H,1-4H3,(H,28,29). The van der Waals surface area contributed by atoms with Gasteiger partial charge in [-0.25, -0.2) is 13.2 Å². The molecule has 34 heavy (non-hydrogen) atoms. The van der Waals surface area contributed by atoms with Crippen LogP contribution in [0.3, 0.4) is 0 Å². The van der Waals surface area contributed by atoms with Gasteiger partial charge in [0, 0.05) is 11.6 Å². The largest absolute Gasteiger partial charge is 0.497 e. The molecule has 0 aliphatic rings. The summed E-state index contributed by atoms with van der Waals surface area (Å²) in [5, 5.41) is 13.7. The van der Waals surface area contributed by atoms with Gasteiger partial charge in [-0.3, -0.25) is 10.1 Å². The van der Waals surface area contributed by atoms with Crippen molar-refractivity contribution in [2.45, 2.75) is 18.7 Å². The minimum atomic E-state index is -4.14. The summed E-state index contributed by atoms with van der Waals surface area (Å²) in [7, 11) is -1.06. The molecule has 0 aliphatic heterocycles. The van der Waals surface area contributed by atoms with Gasteiger partial charge in [0.05, 0.1) is 36.9 Å². The lowest BCUT2D eigenvalue weighted by Gasteiger charge is -2.15. The zero-order valence-electron chi connectivity index (χ0n) is 19.1. The lowest BCUT2D eigenvalue weighted by molar-refractivity contribution is 0.0698. The maximum atomic E-state index is 13.2. The molecule has 3 aromatic rings. The van der Waals surface area contributed by atoms with Crippen LogP contribution < -0.4 is 19.6 Å². The third-order valence-corrected chi connectivity index (χ3v) is 6.38. The lowest BCUT2D eigenvalue weighted by atomic mass is 10.1. The fourth-order valence-corrected chi connectivity index (χ4v) is 4.53. The molecule has 3 aromatic carbocycles. The minimum absolute atomic E-state index is 0.0369. The summed E-state index contributed by atoms with van der Waals surface area (Å²) in [6.07, 6.45) is 0. The third kappa shape index (κ3) is 5.46. The van der Waals surface area contributed by atoms with E-state index in [1.807, 2.05) is 0 Å². The quantitative estimate of drug-likeness (QED) is 0.305. The molecule has 0 bridgehead atoms. The molecule has 0 saturated carbocycles. The highest BCUT2D eigenvalue weighted by atomic mass is 32.2. The lowest BCUT2D eigenvalue weighted by Crippen LogP contribution is -2.17. The van der Waals surface area contributed by atoms with Crippen molar-refractivity contribution in [3.05, 3.63) is 77.4 Å². The van der Waals surface area contributed by atoms with Crippen LogP contribution in [0.1, 0.15) is 28.4 Å². The first-order valence-electron chi connectivity index (χ1n) is 10.1. The van der Waals surface area contributed by atoms with Crippen molar-refractivity contribution in [1.29, 1.82) is 0 Å². The molecule has 0 unspecified atom stereocenters. The number of carboxylic acids is 1. The van der Waals surface area contributed by atoms with E-state index < -0.39 is 16.0 Å². The topological polar surface area (TPSA) is 126 Å². The third-order valence-electron chi connectivity index (χ3n) is 4.97.